The minimum absolute atomic E-state index is 0.0168. The van der Waals surface area contributed by atoms with Gasteiger partial charge in [-0.2, -0.15) is 21.2 Å². The summed E-state index contributed by atoms with van der Waals surface area (Å²) >= 11 is 1.79. The highest BCUT2D eigenvalue weighted by atomic mass is 32.2. The van der Waals surface area contributed by atoms with Crippen LogP contribution in [0.1, 0.15) is 18.2 Å². The van der Waals surface area contributed by atoms with Crippen LogP contribution in [0.15, 0.2) is 5.03 Å². The zero-order chi connectivity index (χ0) is 14.0. The summed E-state index contributed by atoms with van der Waals surface area (Å²) in [5.41, 5.74) is 1.53. The number of aryl methyl sites for hydroxylation is 1. The van der Waals surface area contributed by atoms with Crippen molar-refractivity contribution in [2.75, 3.05) is 25.1 Å². The largest absolute Gasteiger partial charge is 0.316 e. The van der Waals surface area contributed by atoms with E-state index in [1.54, 1.807) is 23.1 Å². The number of sulfonamides is 1. The van der Waals surface area contributed by atoms with Crippen LogP contribution in [-0.4, -0.2) is 54.1 Å². The van der Waals surface area contributed by atoms with Crippen molar-refractivity contribution < 1.29 is 8.42 Å². The van der Waals surface area contributed by atoms with E-state index in [2.05, 4.69) is 15.5 Å². The second kappa shape index (κ2) is 5.82. The molecule has 2 N–H and O–H groups in total. The Labute approximate surface area is 118 Å². The van der Waals surface area contributed by atoms with E-state index in [9.17, 15) is 8.42 Å². The Hall–Kier alpha value is -0.570. The van der Waals surface area contributed by atoms with E-state index >= 15 is 0 Å². The molecule has 1 fully saturated rings. The first-order valence-corrected chi connectivity index (χ1v) is 8.86. The smallest absolute Gasteiger partial charge is 0.263 e. The van der Waals surface area contributed by atoms with Crippen LogP contribution in [-0.2, 0) is 16.6 Å². The van der Waals surface area contributed by atoms with Crippen LogP contribution in [0.2, 0.25) is 0 Å². The van der Waals surface area contributed by atoms with Crippen LogP contribution in [0.3, 0.4) is 0 Å². The number of thioether (sulfide) groups is 1. The first kappa shape index (κ1) is 14.8. The van der Waals surface area contributed by atoms with Gasteiger partial charge in [0.1, 0.15) is 0 Å². The predicted molar refractivity (Wildman–Crippen MR) is 76.8 cm³/mol. The Balaban J connectivity index is 2.38. The van der Waals surface area contributed by atoms with Crippen molar-refractivity contribution >= 4 is 21.8 Å². The zero-order valence-electron chi connectivity index (χ0n) is 11.4. The molecule has 0 spiro atoms. The summed E-state index contributed by atoms with van der Waals surface area (Å²) in [6.07, 6.45) is 0. The Morgan fingerprint density at radius 1 is 1.58 bits per heavy atom. The van der Waals surface area contributed by atoms with E-state index in [1.807, 2.05) is 13.8 Å². The number of rotatable bonds is 4. The Kier molecular flexibility index (Phi) is 4.54. The molecule has 108 valence electrons. The number of hydrogen-bond acceptors (Lipinski definition) is 5. The van der Waals surface area contributed by atoms with Gasteiger partial charge in [-0.05, 0) is 20.9 Å². The third-order valence-corrected chi connectivity index (χ3v) is 6.42. The van der Waals surface area contributed by atoms with Crippen LogP contribution < -0.4 is 5.32 Å². The standard InChI is InChI=1S/C11H20N4O2S2/c1-8-7-18-5-4-15(8)19(16,17)11-10(6-12-3)9(2)13-14-11/h8,12H,4-7H2,1-3H3,(H,13,14). The molecular weight excluding hydrogens is 284 g/mol. The van der Waals surface area contributed by atoms with Crippen molar-refractivity contribution in [2.24, 2.45) is 0 Å². The lowest BCUT2D eigenvalue weighted by molar-refractivity contribution is 0.365. The number of nitrogens with zero attached hydrogens (tertiary/aromatic N) is 2. The molecule has 6 nitrogen and oxygen atoms in total. The summed E-state index contributed by atoms with van der Waals surface area (Å²) in [5.74, 6) is 1.68. The highest BCUT2D eigenvalue weighted by Crippen LogP contribution is 2.26. The van der Waals surface area contributed by atoms with Crippen molar-refractivity contribution in [1.82, 2.24) is 19.8 Å². The molecule has 8 heteroatoms. The van der Waals surface area contributed by atoms with E-state index in [0.29, 0.717) is 13.1 Å². The molecular formula is C11H20N4O2S2. The van der Waals surface area contributed by atoms with E-state index in [0.717, 1.165) is 22.8 Å². The molecule has 2 rings (SSSR count). The Morgan fingerprint density at radius 2 is 2.32 bits per heavy atom. The Morgan fingerprint density at radius 3 is 2.95 bits per heavy atom. The predicted octanol–water partition coefficient (Wildman–Crippen LogP) is 0.564. The molecule has 19 heavy (non-hydrogen) atoms. The molecule has 1 atom stereocenters. The third-order valence-electron chi connectivity index (χ3n) is 3.25. The lowest BCUT2D eigenvalue weighted by Gasteiger charge is -2.31. The van der Waals surface area contributed by atoms with Crippen molar-refractivity contribution in [3.8, 4) is 0 Å². The SMILES string of the molecule is CNCc1c(S(=O)(=O)N2CCSCC2C)n[nH]c1C. The Bertz CT molecular complexity index is 541. The van der Waals surface area contributed by atoms with Gasteiger partial charge in [-0.3, -0.25) is 5.10 Å². The summed E-state index contributed by atoms with van der Waals surface area (Å²) in [7, 11) is -1.71. The number of aromatic nitrogens is 2. The lowest BCUT2D eigenvalue weighted by Crippen LogP contribution is -2.44. The van der Waals surface area contributed by atoms with Crippen molar-refractivity contribution in [1.29, 1.82) is 0 Å². The number of nitrogens with one attached hydrogen (secondary N) is 2. The van der Waals surface area contributed by atoms with E-state index in [4.69, 9.17) is 0 Å². The topological polar surface area (TPSA) is 78.1 Å². The van der Waals surface area contributed by atoms with Gasteiger partial charge in [-0.25, -0.2) is 8.42 Å². The van der Waals surface area contributed by atoms with Crippen LogP contribution in [0, 0.1) is 6.92 Å². The quantitative estimate of drug-likeness (QED) is 0.850. The first-order valence-electron chi connectivity index (χ1n) is 6.26. The molecule has 1 aromatic heterocycles. The summed E-state index contributed by atoms with van der Waals surface area (Å²) < 4.78 is 27.0. The lowest BCUT2D eigenvalue weighted by atomic mass is 10.3. The van der Waals surface area contributed by atoms with E-state index in [1.165, 1.54) is 0 Å². The van der Waals surface area contributed by atoms with Crippen molar-refractivity contribution in [2.45, 2.75) is 31.5 Å². The van der Waals surface area contributed by atoms with Crippen LogP contribution in [0.4, 0.5) is 0 Å². The fourth-order valence-corrected chi connectivity index (χ4v) is 5.23. The molecule has 0 bridgehead atoms. The zero-order valence-corrected chi connectivity index (χ0v) is 13.1. The minimum Gasteiger partial charge on any atom is -0.316 e. The third kappa shape index (κ3) is 2.81. The normalized spacial score (nSPS) is 21.7. The van der Waals surface area contributed by atoms with Gasteiger partial charge < -0.3 is 5.32 Å². The molecule has 1 aliphatic heterocycles. The van der Waals surface area contributed by atoms with E-state index < -0.39 is 10.0 Å². The number of hydrogen-bond donors (Lipinski definition) is 2. The maximum Gasteiger partial charge on any atom is 0.263 e. The fourth-order valence-electron chi connectivity index (χ4n) is 2.21. The molecule has 0 aliphatic carbocycles. The maximum absolute atomic E-state index is 12.7. The van der Waals surface area contributed by atoms with Gasteiger partial charge in [-0.15, -0.1) is 0 Å². The molecule has 0 radical (unpaired) electrons. The minimum atomic E-state index is -3.51. The summed E-state index contributed by atoms with van der Waals surface area (Å²) in [6, 6.07) is 0.0168. The molecule has 1 saturated heterocycles. The molecule has 0 saturated carbocycles. The van der Waals surface area contributed by atoms with Gasteiger partial charge in [0.15, 0.2) is 5.03 Å². The number of aromatic amines is 1. The van der Waals surface area contributed by atoms with Crippen molar-refractivity contribution in [3.63, 3.8) is 0 Å². The highest BCUT2D eigenvalue weighted by Gasteiger charge is 2.35. The van der Waals surface area contributed by atoms with Gasteiger partial charge >= 0.3 is 0 Å². The number of H-pyrrole nitrogens is 1. The molecule has 0 aromatic carbocycles. The molecule has 2 heterocycles. The van der Waals surface area contributed by atoms with Crippen LogP contribution in [0.25, 0.3) is 0 Å². The van der Waals surface area contributed by atoms with Gasteiger partial charge in [-0.1, -0.05) is 0 Å². The monoisotopic (exact) mass is 304 g/mol. The van der Waals surface area contributed by atoms with Gasteiger partial charge in [0.05, 0.1) is 0 Å². The summed E-state index contributed by atoms with van der Waals surface area (Å²) in [6.45, 7) is 4.84. The molecule has 0 amide bonds. The van der Waals surface area contributed by atoms with Crippen molar-refractivity contribution in [3.05, 3.63) is 11.3 Å². The van der Waals surface area contributed by atoms with Gasteiger partial charge in [0, 0.05) is 41.9 Å². The summed E-state index contributed by atoms with van der Waals surface area (Å²) in [4.78, 5) is 0. The second-order valence-corrected chi connectivity index (χ2v) is 7.66. The van der Waals surface area contributed by atoms with Crippen LogP contribution in [0.5, 0.6) is 0 Å². The summed E-state index contributed by atoms with van der Waals surface area (Å²) in [5, 5.41) is 9.95. The average Bonchev–Trinajstić information content (AvgIpc) is 2.73. The highest BCUT2D eigenvalue weighted by molar-refractivity contribution is 7.99. The second-order valence-electron chi connectivity index (χ2n) is 4.70. The maximum atomic E-state index is 12.7. The molecule has 1 unspecified atom stereocenters. The van der Waals surface area contributed by atoms with E-state index in [-0.39, 0.29) is 11.1 Å². The van der Waals surface area contributed by atoms with Gasteiger partial charge in [0.25, 0.3) is 10.0 Å². The molecule has 1 aromatic rings. The van der Waals surface area contributed by atoms with Gasteiger partial charge in [0.2, 0.25) is 0 Å². The average molecular weight is 304 g/mol. The fraction of sp³-hybridized carbons (Fsp3) is 0.727. The van der Waals surface area contributed by atoms with Crippen LogP contribution >= 0.6 is 11.8 Å². The first-order chi connectivity index (χ1) is 8.98. The molecule has 1 aliphatic rings.